The van der Waals surface area contributed by atoms with E-state index in [1.54, 1.807) is 13.8 Å². The predicted molar refractivity (Wildman–Crippen MR) is 101 cm³/mol. The molecule has 7 heteroatoms. The minimum Gasteiger partial charge on any atom is -0.339 e. The van der Waals surface area contributed by atoms with Gasteiger partial charge in [-0.25, -0.2) is 0 Å². The van der Waals surface area contributed by atoms with E-state index in [1.807, 2.05) is 17.0 Å². The van der Waals surface area contributed by atoms with Crippen LogP contribution in [0.15, 0.2) is 24.3 Å². The van der Waals surface area contributed by atoms with Crippen molar-refractivity contribution in [2.75, 3.05) is 26.2 Å². The van der Waals surface area contributed by atoms with Gasteiger partial charge in [-0.2, -0.15) is 0 Å². The summed E-state index contributed by atoms with van der Waals surface area (Å²) in [6.07, 6.45) is 0. The predicted octanol–water partition coefficient (Wildman–Crippen LogP) is 3.13. The molecule has 2 rings (SSSR count). The molecule has 1 aliphatic heterocycles. The molecule has 23 heavy (non-hydrogen) atoms. The molecule has 4 nitrogen and oxygen atoms in total. The number of halogens is 3. The van der Waals surface area contributed by atoms with E-state index in [4.69, 9.17) is 17.3 Å². The third kappa shape index (κ3) is 5.80. The van der Waals surface area contributed by atoms with Gasteiger partial charge in [-0.05, 0) is 38.5 Å². The molecule has 1 heterocycles. The lowest BCUT2D eigenvalue weighted by Gasteiger charge is -2.40. The van der Waals surface area contributed by atoms with Gasteiger partial charge in [0.25, 0.3) is 0 Å². The Balaban J connectivity index is 0.00000242. The summed E-state index contributed by atoms with van der Waals surface area (Å²) in [5.41, 5.74) is 6.35. The smallest absolute Gasteiger partial charge is 0.242 e. The van der Waals surface area contributed by atoms with Gasteiger partial charge in [0.05, 0.1) is 5.54 Å². The largest absolute Gasteiger partial charge is 0.339 e. The van der Waals surface area contributed by atoms with Crippen LogP contribution in [0.3, 0.4) is 0 Å². The molecule has 1 unspecified atom stereocenters. The summed E-state index contributed by atoms with van der Waals surface area (Å²) >= 11 is 5.93. The molecule has 0 aromatic heterocycles. The van der Waals surface area contributed by atoms with Crippen molar-refractivity contribution in [1.82, 2.24) is 9.80 Å². The van der Waals surface area contributed by atoms with Crippen LogP contribution < -0.4 is 5.73 Å². The van der Waals surface area contributed by atoms with Crippen molar-refractivity contribution in [1.29, 1.82) is 0 Å². The first-order valence-corrected chi connectivity index (χ1v) is 7.74. The van der Waals surface area contributed by atoms with Crippen LogP contribution in [0, 0.1) is 0 Å². The standard InChI is InChI=1S/C16H24ClN3O.2ClH/c1-12(13-4-6-14(17)7-5-13)19-8-10-20(11-9-19)15(21)16(2,3)18;;/h4-7,12H,8-11,18H2,1-3H3;2*1H. The van der Waals surface area contributed by atoms with Gasteiger partial charge in [-0.3, -0.25) is 9.69 Å². The minimum absolute atomic E-state index is 0. The second kappa shape index (κ2) is 9.09. The lowest BCUT2D eigenvalue weighted by atomic mass is 10.0. The van der Waals surface area contributed by atoms with Gasteiger partial charge in [0.15, 0.2) is 0 Å². The highest BCUT2D eigenvalue weighted by Gasteiger charge is 2.31. The Morgan fingerprint density at radius 3 is 2.04 bits per heavy atom. The molecular weight excluding hydrogens is 357 g/mol. The second-order valence-electron chi connectivity index (χ2n) is 6.28. The highest BCUT2D eigenvalue weighted by Crippen LogP contribution is 2.23. The monoisotopic (exact) mass is 381 g/mol. The number of carbonyl (C=O) groups excluding carboxylic acids is 1. The van der Waals surface area contributed by atoms with E-state index in [0.29, 0.717) is 6.04 Å². The minimum atomic E-state index is -0.788. The number of carbonyl (C=O) groups is 1. The summed E-state index contributed by atoms with van der Waals surface area (Å²) in [6.45, 7) is 8.91. The number of benzene rings is 1. The molecule has 2 N–H and O–H groups in total. The third-order valence-electron chi connectivity index (χ3n) is 4.05. The van der Waals surface area contributed by atoms with Crippen molar-refractivity contribution < 1.29 is 4.79 Å². The first-order valence-electron chi connectivity index (χ1n) is 7.37. The van der Waals surface area contributed by atoms with Crippen LogP contribution >= 0.6 is 36.4 Å². The number of nitrogens with zero attached hydrogens (tertiary/aromatic N) is 2. The van der Waals surface area contributed by atoms with Crippen LogP contribution in [-0.4, -0.2) is 47.4 Å². The van der Waals surface area contributed by atoms with E-state index < -0.39 is 5.54 Å². The molecule has 0 bridgehead atoms. The molecular formula is C16H26Cl3N3O. The van der Waals surface area contributed by atoms with Crippen molar-refractivity contribution in [2.24, 2.45) is 5.73 Å². The van der Waals surface area contributed by atoms with Crippen LogP contribution in [0.4, 0.5) is 0 Å². The highest BCUT2D eigenvalue weighted by molar-refractivity contribution is 6.30. The zero-order valence-corrected chi connectivity index (χ0v) is 16.2. The van der Waals surface area contributed by atoms with Gasteiger partial charge >= 0.3 is 0 Å². The molecule has 1 fully saturated rings. The lowest BCUT2D eigenvalue weighted by molar-refractivity contribution is -0.137. The Labute approximate surface area is 156 Å². The molecule has 1 atom stereocenters. The highest BCUT2D eigenvalue weighted by atomic mass is 35.5. The number of amides is 1. The molecule has 1 aromatic carbocycles. The van der Waals surface area contributed by atoms with Gasteiger partial charge in [0, 0.05) is 37.2 Å². The average molecular weight is 383 g/mol. The third-order valence-corrected chi connectivity index (χ3v) is 4.30. The maximum absolute atomic E-state index is 12.2. The fourth-order valence-corrected chi connectivity index (χ4v) is 2.80. The second-order valence-corrected chi connectivity index (χ2v) is 6.71. The summed E-state index contributed by atoms with van der Waals surface area (Å²) in [5.74, 6) is 0.0290. The Bertz CT molecular complexity index is 494. The van der Waals surface area contributed by atoms with Crippen LogP contribution in [0.1, 0.15) is 32.4 Å². The molecule has 0 aliphatic carbocycles. The van der Waals surface area contributed by atoms with Crippen LogP contribution in [0.2, 0.25) is 5.02 Å². The molecule has 1 saturated heterocycles. The maximum atomic E-state index is 12.2. The molecule has 1 aliphatic rings. The Morgan fingerprint density at radius 2 is 1.61 bits per heavy atom. The maximum Gasteiger partial charge on any atom is 0.242 e. The van der Waals surface area contributed by atoms with E-state index in [9.17, 15) is 4.79 Å². The van der Waals surface area contributed by atoms with Crippen molar-refractivity contribution in [3.63, 3.8) is 0 Å². The zero-order valence-electron chi connectivity index (χ0n) is 13.8. The summed E-state index contributed by atoms with van der Waals surface area (Å²) in [7, 11) is 0. The van der Waals surface area contributed by atoms with E-state index in [0.717, 1.165) is 31.2 Å². The normalized spacial score (nSPS) is 17.0. The zero-order chi connectivity index (χ0) is 15.6. The first-order chi connectivity index (χ1) is 9.79. The molecule has 0 saturated carbocycles. The summed E-state index contributed by atoms with van der Waals surface area (Å²) in [4.78, 5) is 16.4. The topological polar surface area (TPSA) is 49.6 Å². The number of piperazine rings is 1. The first kappa shape index (κ1) is 22.5. The van der Waals surface area contributed by atoms with Crippen LogP contribution in [0.25, 0.3) is 0 Å². The molecule has 0 spiro atoms. The van der Waals surface area contributed by atoms with Gasteiger partial charge in [0.1, 0.15) is 0 Å². The Kier molecular flexibility index (Phi) is 8.89. The average Bonchev–Trinajstić information content (AvgIpc) is 2.46. The number of rotatable bonds is 3. The fraction of sp³-hybridized carbons (Fsp3) is 0.562. The van der Waals surface area contributed by atoms with Gasteiger partial charge in [-0.1, -0.05) is 23.7 Å². The molecule has 0 radical (unpaired) electrons. The van der Waals surface area contributed by atoms with Crippen molar-refractivity contribution in [3.05, 3.63) is 34.9 Å². The molecule has 1 amide bonds. The van der Waals surface area contributed by atoms with Gasteiger partial charge in [0.2, 0.25) is 5.91 Å². The van der Waals surface area contributed by atoms with Crippen molar-refractivity contribution >= 4 is 42.3 Å². The summed E-state index contributed by atoms with van der Waals surface area (Å²) in [5, 5.41) is 0.756. The number of hydrogen-bond acceptors (Lipinski definition) is 3. The van der Waals surface area contributed by atoms with E-state index >= 15 is 0 Å². The molecule has 132 valence electrons. The Hall–Kier alpha value is -0.520. The van der Waals surface area contributed by atoms with Gasteiger partial charge < -0.3 is 10.6 Å². The fourth-order valence-electron chi connectivity index (χ4n) is 2.67. The number of nitrogens with two attached hydrogens (primary N) is 1. The summed E-state index contributed by atoms with van der Waals surface area (Å²) in [6, 6.07) is 8.29. The number of hydrogen-bond donors (Lipinski definition) is 1. The Morgan fingerprint density at radius 1 is 1.13 bits per heavy atom. The van der Waals surface area contributed by atoms with Crippen molar-refractivity contribution in [3.8, 4) is 0 Å². The van der Waals surface area contributed by atoms with Gasteiger partial charge in [-0.15, -0.1) is 24.8 Å². The van der Waals surface area contributed by atoms with E-state index in [1.165, 1.54) is 5.56 Å². The SMILES string of the molecule is CC(c1ccc(Cl)cc1)N1CCN(C(=O)C(C)(C)N)CC1.Cl.Cl. The lowest BCUT2D eigenvalue weighted by Crippen LogP contribution is -2.57. The van der Waals surface area contributed by atoms with E-state index in [2.05, 4.69) is 24.0 Å². The van der Waals surface area contributed by atoms with E-state index in [-0.39, 0.29) is 30.7 Å². The molecule has 1 aromatic rings. The quantitative estimate of drug-likeness (QED) is 0.874. The summed E-state index contributed by atoms with van der Waals surface area (Å²) < 4.78 is 0. The van der Waals surface area contributed by atoms with Crippen molar-refractivity contribution in [2.45, 2.75) is 32.4 Å². The van der Waals surface area contributed by atoms with Crippen LogP contribution in [0.5, 0.6) is 0 Å². The van der Waals surface area contributed by atoms with Crippen LogP contribution in [-0.2, 0) is 4.79 Å².